The van der Waals surface area contributed by atoms with Crippen molar-refractivity contribution < 1.29 is 17.7 Å². The Balaban J connectivity index is 1.39. The molecule has 0 unspecified atom stereocenters. The summed E-state index contributed by atoms with van der Waals surface area (Å²) in [5.41, 5.74) is 2.19. The fourth-order valence-corrected chi connectivity index (χ4v) is 4.40. The van der Waals surface area contributed by atoms with Crippen molar-refractivity contribution in [2.75, 3.05) is 5.32 Å². The van der Waals surface area contributed by atoms with Crippen molar-refractivity contribution in [3.8, 4) is 11.4 Å². The normalized spacial score (nSPS) is 11.4. The Kier molecular flexibility index (Phi) is 5.84. The molecule has 31 heavy (non-hydrogen) atoms. The van der Waals surface area contributed by atoms with Gasteiger partial charge in [0.15, 0.2) is 0 Å². The summed E-state index contributed by atoms with van der Waals surface area (Å²) >= 11 is 0.732. The van der Waals surface area contributed by atoms with Gasteiger partial charge in [-0.3, -0.25) is 10.1 Å². The maximum Gasteiger partial charge on any atom is 0.270 e. The van der Waals surface area contributed by atoms with E-state index in [2.05, 4.69) is 30.4 Å². The van der Waals surface area contributed by atoms with E-state index in [1.54, 1.807) is 24.3 Å². The standard InChI is InChI=1S/C19H16N6O4S2/c1-12-7-9-14(10-8-12)17(26)22-18-23-24-19(30-18)31(27,28)20-11-15-21-16(25-29-15)13-5-3-2-4-6-13/h2-10,20H,11H2,1H3,(H,22,23,26). The molecular formula is C19H16N6O4S2. The first-order valence-corrected chi connectivity index (χ1v) is 11.3. The van der Waals surface area contributed by atoms with Gasteiger partial charge >= 0.3 is 0 Å². The van der Waals surface area contributed by atoms with E-state index < -0.39 is 15.9 Å². The Morgan fingerprint density at radius 1 is 1.06 bits per heavy atom. The summed E-state index contributed by atoms with van der Waals surface area (Å²) < 4.78 is 32.1. The van der Waals surface area contributed by atoms with Gasteiger partial charge in [-0.05, 0) is 19.1 Å². The highest BCUT2D eigenvalue weighted by Crippen LogP contribution is 2.21. The van der Waals surface area contributed by atoms with E-state index in [4.69, 9.17) is 4.52 Å². The average Bonchev–Trinajstić information content (AvgIpc) is 3.44. The van der Waals surface area contributed by atoms with Gasteiger partial charge in [-0.2, -0.15) is 9.71 Å². The van der Waals surface area contributed by atoms with Crippen LogP contribution in [-0.4, -0.2) is 34.7 Å². The van der Waals surface area contributed by atoms with Crippen LogP contribution in [0.15, 0.2) is 63.5 Å². The number of amides is 1. The van der Waals surface area contributed by atoms with E-state index in [0.717, 1.165) is 22.5 Å². The summed E-state index contributed by atoms with van der Waals surface area (Å²) in [7, 11) is -3.98. The smallest absolute Gasteiger partial charge is 0.270 e. The highest BCUT2D eigenvalue weighted by molar-refractivity contribution is 7.91. The second-order valence-electron chi connectivity index (χ2n) is 6.40. The lowest BCUT2D eigenvalue weighted by Crippen LogP contribution is -2.23. The van der Waals surface area contributed by atoms with Crippen LogP contribution in [0.2, 0.25) is 0 Å². The lowest BCUT2D eigenvalue weighted by atomic mass is 10.1. The Morgan fingerprint density at radius 2 is 1.81 bits per heavy atom. The number of carbonyl (C=O) groups is 1. The zero-order valence-corrected chi connectivity index (χ0v) is 17.8. The van der Waals surface area contributed by atoms with Crippen LogP contribution in [0, 0.1) is 6.92 Å². The largest absolute Gasteiger partial charge is 0.338 e. The van der Waals surface area contributed by atoms with E-state index in [9.17, 15) is 13.2 Å². The van der Waals surface area contributed by atoms with Gasteiger partial charge in [0.2, 0.25) is 21.2 Å². The fraction of sp³-hybridized carbons (Fsp3) is 0.105. The number of anilines is 1. The van der Waals surface area contributed by atoms with E-state index in [1.165, 1.54) is 0 Å². The van der Waals surface area contributed by atoms with Crippen LogP contribution in [0.4, 0.5) is 5.13 Å². The summed E-state index contributed by atoms with van der Waals surface area (Å²) in [5, 5.41) is 13.8. The molecule has 4 rings (SSSR count). The van der Waals surface area contributed by atoms with Crippen molar-refractivity contribution in [1.29, 1.82) is 0 Å². The van der Waals surface area contributed by atoms with Gasteiger partial charge in [-0.15, -0.1) is 10.2 Å². The first-order chi connectivity index (χ1) is 14.9. The molecule has 158 valence electrons. The third-order valence-electron chi connectivity index (χ3n) is 4.08. The van der Waals surface area contributed by atoms with E-state index >= 15 is 0 Å². The number of sulfonamides is 1. The Hall–Kier alpha value is -3.48. The predicted molar refractivity (Wildman–Crippen MR) is 113 cm³/mol. The lowest BCUT2D eigenvalue weighted by Gasteiger charge is -2.01. The molecule has 0 bridgehead atoms. The number of nitrogens with zero attached hydrogens (tertiary/aromatic N) is 4. The first kappa shape index (κ1) is 20.8. The molecule has 0 radical (unpaired) electrons. The molecule has 0 aliphatic rings. The number of hydrogen-bond acceptors (Lipinski definition) is 9. The van der Waals surface area contributed by atoms with E-state index in [0.29, 0.717) is 11.4 Å². The second-order valence-corrected chi connectivity index (χ2v) is 9.31. The lowest BCUT2D eigenvalue weighted by molar-refractivity contribution is 0.102. The van der Waals surface area contributed by atoms with E-state index in [-0.39, 0.29) is 21.9 Å². The Labute approximate surface area is 181 Å². The minimum absolute atomic E-state index is 0.0649. The number of carbonyl (C=O) groups excluding carboxylic acids is 1. The minimum Gasteiger partial charge on any atom is -0.338 e. The van der Waals surface area contributed by atoms with Crippen molar-refractivity contribution in [2.45, 2.75) is 17.8 Å². The van der Waals surface area contributed by atoms with Crippen molar-refractivity contribution in [3.05, 3.63) is 71.6 Å². The molecule has 0 fully saturated rings. The van der Waals surface area contributed by atoms with Crippen molar-refractivity contribution in [1.82, 2.24) is 25.1 Å². The molecule has 2 heterocycles. The molecule has 1 amide bonds. The van der Waals surface area contributed by atoms with Crippen LogP contribution in [0.25, 0.3) is 11.4 Å². The van der Waals surface area contributed by atoms with Gasteiger partial charge in [0.25, 0.3) is 15.9 Å². The van der Waals surface area contributed by atoms with Crippen LogP contribution in [-0.2, 0) is 16.6 Å². The summed E-state index contributed by atoms with van der Waals surface area (Å²) in [5.74, 6) is 0.0408. The highest BCUT2D eigenvalue weighted by atomic mass is 32.2. The molecule has 0 atom stereocenters. The molecule has 0 spiro atoms. The molecule has 0 saturated carbocycles. The summed E-state index contributed by atoms with van der Waals surface area (Å²) in [6.45, 7) is 1.69. The molecule has 4 aromatic rings. The zero-order chi connectivity index (χ0) is 21.8. The number of hydrogen-bond donors (Lipinski definition) is 2. The van der Waals surface area contributed by atoms with Crippen molar-refractivity contribution in [2.24, 2.45) is 0 Å². The number of rotatable bonds is 7. The summed E-state index contributed by atoms with van der Waals surface area (Å²) in [4.78, 5) is 16.4. The summed E-state index contributed by atoms with van der Waals surface area (Å²) in [6, 6.07) is 16.1. The van der Waals surface area contributed by atoms with Crippen LogP contribution in [0.5, 0.6) is 0 Å². The van der Waals surface area contributed by atoms with Gasteiger partial charge < -0.3 is 4.52 Å². The first-order valence-electron chi connectivity index (χ1n) is 9.00. The number of aryl methyl sites for hydroxylation is 1. The quantitative estimate of drug-likeness (QED) is 0.405. The SMILES string of the molecule is Cc1ccc(C(=O)Nc2nnc(S(=O)(=O)NCc3nc(-c4ccccc4)no3)s2)cc1. The maximum absolute atomic E-state index is 12.5. The molecule has 0 saturated heterocycles. The molecule has 2 N–H and O–H groups in total. The average molecular weight is 457 g/mol. The van der Waals surface area contributed by atoms with Gasteiger partial charge in [0, 0.05) is 11.1 Å². The molecule has 0 aliphatic carbocycles. The van der Waals surface area contributed by atoms with Crippen molar-refractivity contribution >= 4 is 32.4 Å². The minimum atomic E-state index is -3.98. The zero-order valence-electron chi connectivity index (χ0n) is 16.1. The van der Waals surface area contributed by atoms with Crippen LogP contribution < -0.4 is 10.0 Å². The molecule has 2 aromatic heterocycles. The highest BCUT2D eigenvalue weighted by Gasteiger charge is 2.22. The Morgan fingerprint density at radius 3 is 2.55 bits per heavy atom. The van der Waals surface area contributed by atoms with Gasteiger partial charge in [-0.1, -0.05) is 64.5 Å². The molecule has 2 aromatic carbocycles. The number of benzene rings is 2. The van der Waals surface area contributed by atoms with Crippen LogP contribution >= 0.6 is 11.3 Å². The molecule has 12 heteroatoms. The van der Waals surface area contributed by atoms with Gasteiger partial charge in [0.1, 0.15) is 0 Å². The third-order valence-corrected chi connectivity index (χ3v) is 6.69. The summed E-state index contributed by atoms with van der Waals surface area (Å²) in [6.07, 6.45) is 0. The van der Waals surface area contributed by atoms with Crippen LogP contribution in [0.3, 0.4) is 0 Å². The molecule has 0 aliphatic heterocycles. The Bertz CT molecular complexity index is 1300. The van der Waals surface area contributed by atoms with Crippen LogP contribution in [0.1, 0.15) is 21.8 Å². The number of aromatic nitrogens is 4. The molecule has 10 nitrogen and oxygen atoms in total. The van der Waals surface area contributed by atoms with Gasteiger partial charge in [-0.25, -0.2) is 8.42 Å². The second kappa shape index (κ2) is 8.71. The van der Waals surface area contributed by atoms with Gasteiger partial charge in [0.05, 0.1) is 6.54 Å². The number of nitrogens with one attached hydrogen (secondary N) is 2. The third kappa shape index (κ3) is 4.99. The van der Waals surface area contributed by atoms with Crippen molar-refractivity contribution in [3.63, 3.8) is 0 Å². The maximum atomic E-state index is 12.5. The fourth-order valence-electron chi connectivity index (χ4n) is 2.49. The monoisotopic (exact) mass is 456 g/mol. The van der Waals surface area contributed by atoms with E-state index in [1.807, 2.05) is 37.3 Å². The topological polar surface area (TPSA) is 140 Å². The molecular weight excluding hydrogens is 440 g/mol. The predicted octanol–water partition coefficient (Wildman–Crippen LogP) is 2.63.